The van der Waals surface area contributed by atoms with Crippen LogP contribution in [0.4, 0.5) is 4.79 Å². The van der Waals surface area contributed by atoms with Crippen molar-refractivity contribution < 1.29 is 9.32 Å². The maximum Gasteiger partial charge on any atom is 0.322 e. The maximum atomic E-state index is 12.7. The van der Waals surface area contributed by atoms with Gasteiger partial charge in [-0.05, 0) is 31.9 Å². The average molecular weight is 388 g/mol. The van der Waals surface area contributed by atoms with Gasteiger partial charge < -0.3 is 9.84 Å². The van der Waals surface area contributed by atoms with E-state index in [1.807, 2.05) is 75.4 Å². The van der Waals surface area contributed by atoms with Crippen LogP contribution in [0.25, 0.3) is 17.0 Å². The molecule has 3 aromatic rings. The summed E-state index contributed by atoms with van der Waals surface area (Å²) in [5, 5.41) is 7.31. The van der Waals surface area contributed by atoms with E-state index < -0.39 is 0 Å². The smallest absolute Gasteiger partial charge is 0.322 e. The van der Waals surface area contributed by atoms with Gasteiger partial charge in [0, 0.05) is 17.8 Å². The largest absolute Gasteiger partial charge is 0.334 e. The molecule has 4 rings (SSSR count). The third-order valence-corrected chi connectivity index (χ3v) is 5.11. The van der Waals surface area contributed by atoms with Crippen LogP contribution in [0, 0.1) is 6.92 Å². The van der Waals surface area contributed by atoms with Gasteiger partial charge in [0.15, 0.2) is 0 Å². The molecule has 0 spiro atoms. The molecule has 1 aromatic heterocycles. The lowest BCUT2D eigenvalue weighted by Gasteiger charge is -2.35. The van der Waals surface area contributed by atoms with Crippen LogP contribution in [0.1, 0.15) is 43.3 Å². The first-order chi connectivity index (χ1) is 14.1. The van der Waals surface area contributed by atoms with Crippen LogP contribution in [-0.4, -0.2) is 27.6 Å². The Kier molecular flexibility index (Phi) is 5.16. The molecule has 0 aliphatic carbocycles. The Bertz CT molecular complexity index is 1060. The number of carbonyl (C=O) groups excluding carboxylic acids is 1. The molecule has 0 fully saturated rings. The number of aryl methyl sites for hydroxylation is 1. The fraction of sp³-hybridized carbons (Fsp3) is 0.261. The van der Waals surface area contributed by atoms with Crippen molar-refractivity contribution in [2.75, 3.05) is 6.54 Å². The molecule has 0 radical (unpaired) electrons. The second-order valence-electron chi connectivity index (χ2n) is 7.24. The summed E-state index contributed by atoms with van der Waals surface area (Å²) in [5.74, 6) is 0.962. The molecular weight excluding hydrogens is 364 g/mol. The number of urea groups is 1. The summed E-state index contributed by atoms with van der Waals surface area (Å²) in [6, 6.07) is 17.4. The molecule has 0 saturated carbocycles. The quantitative estimate of drug-likeness (QED) is 0.671. The van der Waals surface area contributed by atoms with Crippen molar-refractivity contribution in [2.45, 2.75) is 33.2 Å². The predicted octanol–water partition coefficient (Wildman–Crippen LogP) is 4.95. The number of aromatic nitrogens is 2. The van der Waals surface area contributed by atoms with Crippen molar-refractivity contribution in [3.05, 3.63) is 77.3 Å². The van der Waals surface area contributed by atoms with Crippen LogP contribution >= 0.6 is 0 Å². The molecule has 29 heavy (non-hydrogen) atoms. The Balaban J connectivity index is 1.81. The molecule has 1 aliphatic heterocycles. The zero-order valence-corrected chi connectivity index (χ0v) is 16.8. The Hall–Kier alpha value is -3.41. The molecule has 2 aromatic carbocycles. The first-order valence-corrected chi connectivity index (χ1v) is 9.83. The summed E-state index contributed by atoms with van der Waals surface area (Å²) in [4.78, 5) is 19.2. The maximum absolute atomic E-state index is 12.7. The molecule has 1 aliphatic rings. The third kappa shape index (κ3) is 3.66. The second kappa shape index (κ2) is 7.91. The summed E-state index contributed by atoms with van der Waals surface area (Å²) in [6.07, 6.45) is 0.854. The minimum absolute atomic E-state index is 0.111. The predicted molar refractivity (Wildman–Crippen MR) is 112 cm³/mol. The van der Waals surface area contributed by atoms with Crippen molar-refractivity contribution >= 4 is 11.6 Å². The zero-order valence-electron chi connectivity index (χ0n) is 16.8. The number of nitrogens with zero attached hydrogens (tertiary/aromatic N) is 3. The highest BCUT2D eigenvalue weighted by molar-refractivity contribution is 5.86. The molecule has 2 heterocycles. The van der Waals surface area contributed by atoms with E-state index >= 15 is 0 Å². The van der Waals surface area contributed by atoms with Crippen molar-refractivity contribution in [3.63, 3.8) is 0 Å². The molecule has 6 heteroatoms. The number of carbonyl (C=O) groups is 1. The van der Waals surface area contributed by atoms with E-state index in [1.165, 1.54) is 0 Å². The first kappa shape index (κ1) is 18.9. The lowest BCUT2D eigenvalue weighted by Crippen LogP contribution is -2.46. The molecule has 1 N–H and O–H groups in total. The van der Waals surface area contributed by atoms with Gasteiger partial charge in [-0.3, -0.25) is 4.90 Å². The van der Waals surface area contributed by atoms with Gasteiger partial charge >= 0.3 is 6.03 Å². The van der Waals surface area contributed by atoms with Gasteiger partial charge in [0.05, 0.1) is 11.6 Å². The third-order valence-electron chi connectivity index (χ3n) is 5.11. The van der Waals surface area contributed by atoms with Crippen LogP contribution in [0.15, 0.2) is 64.8 Å². The van der Waals surface area contributed by atoms with Gasteiger partial charge in [0.1, 0.15) is 0 Å². The van der Waals surface area contributed by atoms with E-state index in [9.17, 15) is 4.79 Å². The van der Waals surface area contributed by atoms with Crippen molar-refractivity contribution in [3.8, 4) is 11.4 Å². The Labute approximate surface area is 170 Å². The van der Waals surface area contributed by atoms with Crippen LogP contribution in [0.2, 0.25) is 0 Å². The topological polar surface area (TPSA) is 71.3 Å². The van der Waals surface area contributed by atoms with Crippen molar-refractivity contribution in [1.82, 2.24) is 20.4 Å². The Morgan fingerprint density at radius 2 is 1.90 bits per heavy atom. The van der Waals surface area contributed by atoms with Crippen molar-refractivity contribution in [1.29, 1.82) is 0 Å². The first-order valence-electron chi connectivity index (χ1n) is 9.83. The molecule has 1 atom stereocenters. The van der Waals surface area contributed by atoms with E-state index in [1.54, 1.807) is 4.90 Å². The van der Waals surface area contributed by atoms with E-state index in [2.05, 4.69) is 15.5 Å². The number of benzene rings is 2. The summed E-state index contributed by atoms with van der Waals surface area (Å²) < 4.78 is 5.69. The van der Waals surface area contributed by atoms with Crippen LogP contribution in [-0.2, 0) is 0 Å². The fourth-order valence-corrected chi connectivity index (χ4v) is 3.68. The lowest BCUT2D eigenvalue weighted by molar-refractivity contribution is 0.205. The number of hydrogen-bond donors (Lipinski definition) is 1. The molecule has 6 nitrogen and oxygen atoms in total. The van der Waals surface area contributed by atoms with Gasteiger partial charge in [-0.1, -0.05) is 66.2 Å². The van der Waals surface area contributed by atoms with E-state index in [0.717, 1.165) is 34.4 Å². The molecule has 2 amide bonds. The van der Waals surface area contributed by atoms with Crippen molar-refractivity contribution in [2.24, 2.45) is 0 Å². The number of allylic oxidation sites excluding steroid dienone is 1. The lowest BCUT2D eigenvalue weighted by atomic mass is 9.94. The summed E-state index contributed by atoms with van der Waals surface area (Å²) >= 11 is 0. The minimum atomic E-state index is -0.345. The summed E-state index contributed by atoms with van der Waals surface area (Å²) in [6.45, 7) is 6.64. The number of rotatable bonds is 5. The standard InChI is InChI=1S/C23H24N4O2/c1-4-13-27-16(3)19(20(24-23(27)28)17-10-6-5-7-11-17)22-25-21(26-29-22)18-12-8-9-15(2)14-18/h5-12,14,20H,4,13H2,1-3H3,(H,24,28). The molecule has 148 valence electrons. The molecular formula is C23H24N4O2. The number of hydrogen-bond acceptors (Lipinski definition) is 4. The van der Waals surface area contributed by atoms with Crippen LogP contribution < -0.4 is 5.32 Å². The highest BCUT2D eigenvalue weighted by Crippen LogP contribution is 2.37. The van der Waals surface area contributed by atoms with Gasteiger partial charge in [-0.15, -0.1) is 0 Å². The SMILES string of the molecule is CCCN1C(=O)NC(c2ccccc2)C(c2nc(-c3cccc(C)c3)no2)=C1C. The van der Waals surface area contributed by atoms with Gasteiger partial charge in [0.2, 0.25) is 5.82 Å². The normalized spacial score (nSPS) is 16.9. The molecule has 0 saturated heterocycles. The number of nitrogens with one attached hydrogen (secondary N) is 1. The highest BCUT2D eigenvalue weighted by Gasteiger charge is 2.35. The minimum Gasteiger partial charge on any atom is -0.334 e. The Morgan fingerprint density at radius 1 is 1.10 bits per heavy atom. The summed E-state index contributed by atoms with van der Waals surface area (Å²) in [5.41, 5.74) is 4.67. The van der Waals surface area contributed by atoms with Gasteiger partial charge in [0.25, 0.3) is 5.89 Å². The molecule has 1 unspecified atom stereocenters. The van der Waals surface area contributed by atoms with Crippen LogP contribution in [0.3, 0.4) is 0 Å². The average Bonchev–Trinajstić information content (AvgIpc) is 3.21. The van der Waals surface area contributed by atoms with E-state index in [0.29, 0.717) is 18.3 Å². The number of amides is 2. The monoisotopic (exact) mass is 388 g/mol. The second-order valence-corrected chi connectivity index (χ2v) is 7.24. The van der Waals surface area contributed by atoms with E-state index in [-0.39, 0.29) is 12.1 Å². The van der Waals surface area contributed by atoms with Crippen LogP contribution in [0.5, 0.6) is 0 Å². The Morgan fingerprint density at radius 3 is 2.62 bits per heavy atom. The highest BCUT2D eigenvalue weighted by atomic mass is 16.5. The van der Waals surface area contributed by atoms with E-state index in [4.69, 9.17) is 4.52 Å². The van der Waals surface area contributed by atoms with Gasteiger partial charge in [-0.25, -0.2) is 4.79 Å². The summed E-state index contributed by atoms with van der Waals surface area (Å²) in [7, 11) is 0. The zero-order chi connectivity index (χ0) is 20.4. The molecule has 0 bridgehead atoms. The fourth-order valence-electron chi connectivity index (χ4n) is 3.68. The van der Waals surface area contributed by atoms with Gasteiger partial charge in [-0.2, -0.15) is 4.98 Å².